The second-order valence-corrected chi connectivity index (χ2v) is 5.38. The Morgan fingerprint density at radius 3 is 2.28 bits per heavy atom. The van der Waals surface area contributed by atoms with Crippen molar-refractivity contribution >= 4 is 0 Å². The Labute approximate surface area is 110 Å². The first-order valence-electron chi connectivity index (χ1n) is 6.27. The molecule has 1 aromatic rings. The topological polar surface area (TPSA) is 30.5 Å². The summed E-state index contributed by atoms with van der Waals surface area (Å²) < 4.78 is 10.5. The molecule has 18 heavy (non-hydrogen) atoms. The van der Waals surface area contributed by atoms with Gasteiger partial charge < -0.3 is 9.47 Å². The number of methoxy groups -OCH3 is 2. The highest BCUT2D eigenvalue weighted by Crippen LogP contribution is 2.33. The van der Waals surface area contributed by atoms with E-state index in [0.717, 1.165) is 12.3 Å². The van der Waals surface area contributed by atoms with E-state index in [2.05, 4.69) is 45.1 Å². The van der Waals surface area contributed by atoms with Gasteiger partial charge in [0.15, 0.2) is 0 Å². The molecule has 0 fully saturated rings. The summed E-state index contributed by atoms with van der Waals surface area (Å²) in [4.78, 5) is 0. The van der Waals surface area contributed by atoms with Gasteiger partial charge in [-0.25, -0.2) is 0 Å². The van der Waals surface area contributed by atoms with Crippen LogP contribution >= 0.6 is 0 Å². The van der Waals surface area contributed by atoms with Crippen LogP contribution in [0.2, 0.25) is 0 Å². The summed E-state index contributed by atoms with van der Waals surface area (Å²) in [5.41, 5.74) is 3.79. The van der Waals surface area contributed by atoms with Gasteiger partial charge in [-0.2, -0.15) is 0 Å². The minimum atomic E-state index is 0.00231. The molecule has 0 aliphatic heterocycles. The van der Waals surface area contributed by atoms with Crippen molar-refractivity contribution in [3.63, 3.8) is 0 Å². The van der Waals surface area contributed by atoms with Crippen molar-refractivity contribution in [1.29, 1.82) is 0 Å². The van der Waals surface area contributed by atoms with Crippen LogP contribution in [-0.4, -0.2) is 27.5 Å². The first-order valence-corrected chi connectivity index (χ1v) is 6.27. The average Bonchev–Trinajstić information content (AvgIpc) is 2.32. The number of aryl methyl sites for hydroxylation is 2. The minimum Gasteiger partial charge on any atom is -0.496 e. The van der Waals surface area contributed by atoms with Gasteiger partial charge in [-0.3, -0.25) is 5.32 Å². The largest absolute Gasteiger partial charge is 0.496 e. The van der Waals surface area contributed by atoms with E-state index in [0.29, 0.717) is 6.73 Å². The van der Waals surface area contributed by atoms with E-state index in [1.807, 2.05) is 0 Å². The molecule has 0 amide bonds. The zero-order chi connectivity index (χ0) is 13.8. The Bertz CT molecular complexity index is 400. The summed E-state index contributed by atoms with van der Waals surface area (Å²) in [6, 6.07) is 4.34. The highest BCUT2D eigenvalue weighted by Gasteiger charge is 2.24. The van der Waals surface area contributed by atoms with E-state index < -0.39 is 0 Å². The Balaban J connectivity index is 3.02. The fraction of sp³-hybridized carbons (Fsp3) is 0.600. The summed E-state index contributed by atoms with van der Waals surface area (Å²) in [5, 5.41) is 3.28. The number of ether oxygens (including phenoxy) is 2. The third-order valence-corrected chi connectivity index (χ3v) is 3.36. The van der Waals surface area contributed by atoms with Gasteiger partial charge in [0, 0.05) is 24.6 Å². The Hall–Kier alpha value is -1.06. The summed E-state index contributed by atoms with van der Waals surface area (Å²) in [5.74, 6) is 0.960. The molecular formula is C15H25NO2. The molecular weight excluding hydrogens is 226 g/mol. The summed E-state index contributed by atoms with van der Waals surface area (Å²) >= 11 is 0. The van der Waals surface area contributed by atoms with Crippen LogP contribution in [-0.2, 0) is 10.2 Å². The molecule has 0 radical (unpaired) electrons. The number of hydrogen-bond acceptors (Lipinski definition) is 3. The lowest BCUT2D eigenvalue weighted by Gasteiger charge is -2.28. The van der Waals surface area contributed by atoms with Crippen LogP contribution < -0.4 is 10.1 Å². The second kappa shape index (κ2) is 6.21. The summed E-state index contributed by atoms with van der Waals surface area (Å²) in [7, 11) is 3.42. The van der Waals surface area contributed by atoms with Crippen molar-refractivity contribution in [3.8, 4) is 5.75 Å². The van der Waals surface area contributed by atoms with E-state index >= 15 is 0 Å². The van der Waals surface area contributed by atoms with Crippen molar-refractivity contribution in [2.24, 2.45) is 0 Å². The zero-order valence-corrected chi connectivity index (χ0v) is 12.4. The van der Waals surface area contributed by atoms with Crippen LogP contribution in [0.4, 0.5) is 0 Å². The molecule has 0 heterocycles. The number of nitrogens with one attached hydrogen (secondary N) is 1. The Kier molecular flexibility index (Phi) is 5.17. The number of rotatable bonds is 6. The molecule has 0 spiro atoms. The molecule has 0 aliphatic rings. The maximum absolute atomic E-state index is 5.51. The van der Waals surface area contributed by atoms with Crippen LogP contribution in [0.5, 0.6) is 5.75 Å². The third-order valence-electron chi connectivity index (χ3n) is 3.36. The van der Waals surface area contributed by atoms with E-state index in [4.69, 9.17) is 9.47 Å². The van der Waals surface area contributed by atoms with Crippen molar-refractivity contribution in [2.45, 2.75) is 33.1 Å². The highest BCUT2D eigenvalue weighted by atomic mass is 16.5. The minimum absolute atomic E-state index is 0.00231. The van der Waals surface area contributed by atoms with E-state index in [1.54, 1.807) is 14.2 Å². The first kappa shape index (κ1) is 15.0. The molecule has 0 atom stereocenters. The SMILES string of the molecule is COCNCC(C)(C)c1cc(C)c(C)cc1OC. The standard InChI is InChI=1S/C15H25NO2/c1-11-7-13(14(18-6)8-12(11)2)15(3,4)9-16-10-17-5/h7-8,16H,9-10H2,1-6H3. The van der Waals surface area contributed by atoms with Crippen LogP contribution in [0.3, 0.4) is 0 Å². The molecule has 0 saturated heterocycles. The smallest absolute Gasteiger partial charge is 0.122 e. The van der Waals surface area contributed by atoms with E-state index in [9.17, 15) is 0 Å². The van der Waals surface area contributed by atoms with E-state index in [1.165, 1.54) is 16.7 Å². The molecule has 0 aromatic heterocycles. The van der Waals surface area contributed by atoms with Crippen LogP contribution in [0.1, 0.15) is 30.5 Å². The molecule has 0 aliphatic carbocycles. The maximum atomic E-state index is 5.51. The van der Waals surface area contributed by atoms with Crippen molar-refractivity contribution in [2.75, 3.05) is 27.5 Å². The van der Waals surface area contributed by atoms with Crippen LogP contribution in [0.15, 0.2) is 12.1 Å². The summed E-state index contributed by atoms with van der Waals surface area (Å²) in [6.07, 6.45) is 0. The monoisotopic (exact) mass is 251 g/mol. The van der Waals surface area contributed by atoms with Crippen molar-refractivity contribution in [1.82, 2.24) is 5.32 Å². The zero-order valence-electron chi connectivity index (χ0n) is 12.4. The molecule has 1 N–H and O–H groups in total. The molecule has 0 saturated carbocycles. The molecule has 3 nitrogen and oxygen atoms in total. The average molecular weight is 251 g/mol. The quantitative estimate of drug-likeness (QED) is 0.623. The predicted molar refractivity (Wildman–Crippen MR) is 75.4 cm³/mol. The lowest BCUT2D eigenvalue weighted by molar-refractivity contribution is 0.169. The first-order chi connectivity index (χ1) is 8.42. The van der Waals surface area contributed by atoms with Crippen molar-refractivity contribution < 1.29 is 9.47 Å². The lowest BCUT2D eigenvalue weighted by Crippen LogP contribution is -2.34. The van der Waals surface area contributed by atoms with Gasteiger partial charge in [-0.1, -0.05) is 19.9 Å². The van der Waals surface area contributed by atoms with Gasteiger partial charge in [0.1, 0.15) is 5.75 Å². The molecule has 1 aromatic carbocycles. The molecule has 0 bridgehead atoms. The molecule has 1 rings (SSSR count). The fourth-order valence-electron chi connectivity index (χ4n) is 2.05. The highest BCUT2D eigenvalue weighted by molar-refractivity contribution is 5.45. The molecule has 3 heteroatoms. The predicted octanol–water partition coefficient (Wildman–Crippen LogP) is 2.78. The maximum Gasteiger partial charge on any atom is 0.122 e. The van der Waals surface area contributed by atoms with Crippen LogP contribution in [0, 0.1) is 13.8 Å². The molecule has 0 unspecified atom stereocenters. The Morgan fingerprint density at radius 2 is 1.72 bits per heavy atom. The molecule has 102 valence electrons. The third kappa shape index (κ3) is 3.47. The van der Waals surface area contributed by atoms with Gasteiger partial charge in [0.2, 0.25) is 0 Å². The second-order valence-electron chi connectivity index (χ2n) is 5.38. The lowest BCUT2D eigenvalue weighted by atomic mass is 9.82. The summed E-state index contributed by atoms with van der Waals surface area (Å²) in [6.45, 7) is 10.1. The fourth-order valence-corrected chi connectivity index (χ4v) is 2.05. The van der Waals surface area contributed by atoms with Gasteiger partial charge >= 0.3 is 0 Å². The van der Waals surface area contributed by atoms with Gasteiger partial charge in [0.25, 0.3) is 0 Å². The number of hydrogen-bond donors (Lipinski definition) is 1. The Morgan fingerprint density at radius 1 is 1.11 bits per heavy atom. The van der Waals surface area contributed by atoms with E-state index in [-0.39, 0.29) is 5.41 Å². The normalized spacial score (nSPS) is 11.7. The van der Waals surface area contributed by atoms with Crippen LogP contribution in [0.25, 0.3) is 0 Å². The van der Waals surface area contributed by atoms with Gasteiger partial charge in [-0.05, 0) is 31.0 Å². The van der Waals surface area contributed by atoms with Crippen molar-refractivity contribution in [3.05, 3.63) is 28.8 Å². The van der Waals surface area contributed by atoms with Gasteiger partial charge in [0.05, 0.1) is 13.8 Å². The van der Waals surface area contributed by atoms with Gasteiger partial charge in [-0.15, -0.1) is 0 Å². The number of benzene rings is 1.